The molecule has 2 heterocycles. The fourth-order valence-corrected chi connectivity index (χ4v) is 4.29. The van der Waals surface area contributed by atoms with Crippen molar-refractivity contribution in [3.05, 3.63) is 70.8 Å². The predicted molar refractivity (Wildman–Crippen MR) is 105 cm³/mol. The van der Waals surface area contributed by atoms with Gasteiger partial charge in [-0.15, -0.1) is 0 Å². The molecule has 2 aliphatic heterocycles. The minimum absolute atomic E-state index is 0.0991. The number of hydrogen-bond donors (Lipinski definition) is 0. The molecule has 0 aromatic heterocycles. The number of piperidine rings is 1. The highest BCUT2D eigenvalue weighted by molar-refractivity contribution is 5.98. The second-order valence-electron chi connectivity index (χ2n) is 7.91. The van der Waals surface area contributed by atoms with E-state index < -0.39 is 23.6 Å². The Morgan fingerprint density at radius 1 is 1.07 bits per heavy atom. The van der Waals surface area contributed by atoms with E-state index in [1.54, 1.807) is 4.90 Å². The molecule has 2 bridgehead atoms. The van der Waals surface area contributed by atoms with E-state index in [-0.39, 0.29) is 35.6 Å². The first-order chi connectivity index (χ1) is 14.4. The zero-order valence-electron chi connectivity index (χ0n) is 16.6. The molecular formula is C23H23F2NO4. The number of halogens is 2. The van der Waals surface area contributed by atoms with Crippen LogP contribution >= 0.6 is 0 Å². The van der Waals surface area contributed by atoms with Crippen LogP contribution in [0.3, 0.4) is 0 Å². The summed E-state index contributed by atoms with van der Waals surface area (Å²) in [5.41, 5.74) is 1.02. The van der Waals surface area contributed by atoms with Crippen LogP contribution in [0.2, 0.25) is 0 Å². The molecule has 2 fully saturated rings. The van der Waals surface area contributed by atoms with Gasteiger partial charge in [-0.2, -0.15) is 0 Å². The summed E-state index contributed by atoms with van der Waals surface area (Å²) in [4.78, 5) is 27.3. The number of nitrogens with zero attached hydrogens (tertiary/aromatic N) is 1. The van der Waals surface area contributed by atoms with Gasteiger partial charge in [0.25, 0.3) is 0 Å². The number of benzene rings is 2. The Hall–Kier alpha value is -2.80. The quantitative estimate of drug-likeness (QED) is 0.700. The Kier molecular flexibility index (Phi) is 5.81. The lowest BCUT2D eigenvalue weighted by Gasteiger charge is -2.47. The van der Waals surface area contributed by atoms with Gasteiger partial charge < -0.3 is 9.47 Å². The van der Waals surface area contributed by atoms with E-state index in [1.165, 1.54) is 13.0 Å². The number of ketones is 1. The van der Waals surface area contributed by atoms with Crippen LogP contribution in [0.5, 0.6) is 0 Å². The predicted octanol–water partition coefficient (Wildman–Crippen LogP) is 4.27. The fourth-order valence-electron chi connectivity index (χ4n) is 4.29. The highest BCUT2D eigenvalue weighted by Gasteiger charge is 2.44. The number of carbonyl (C=O) groups excluding carboxylic acids is 2. The van der Waals surface area contributed by atoms with Crippen molar-refractivity contribution in [3.8, 4) is 0 Å². The molecule has 0 saturated carbocycles. The molecule has 0 aliphatic carbocycles. The number of aryl methyl sites for hydroxylation is 1. The van der Waals surface area contributed by atoms with E-state index in [4.69, 9.17) is 9.47 Å². The van der Waals surface area contributed by atoms with Crippen LogP contribution in [0.4, 0.5) is 13.6 Å². The fraction of sp³-hybridized carbons (Fsp3) is 0.391. The van der Waals surface area contributed by atoms with Crippen LogP contribution in [0, 0.1) is 24.5 Å². The molecule has 7 heteroatoms. The minimum atomic E-state index is -0.853. The van der Waals surface area contributed by atoms with E-state index in [2.05, 4.69) is 0 Å². The first kappa shape index (κ1) is 20.5. The van der Waals surface area contributed by atoms with Crippen molar-refractivity contribution in [3.63, 3.8) is 0 Å². The highest BCUT2D eigenvalue weighted by Crippen LogP contribution is 2.35. The molecule has 4 rings (SSSR count). The Balaban J connectivity index is 1.46. The number of fused-ring (bicyclic) bond motifs is 2. The molecule has 2 aromatic rings. The third-order valence-electron chi connectivity index (χ3n) is 5.82. The highest BCUT2D eigenvalue weighted by atomic mass is 19.1. The van der Waals surface area contributed by atoms with Gasteiger partial charge in [0.15, 0.2) is 5.78 Å². The van der Waals surface area contributed by atoms with Gasteiger partial charge in [0.2, 0.25) is 0 Å². The standard InChI is InChI=1S/C23H23F2NO4/c1-14-7-19(21(25)10-20(14)24)22(27)16-8-17-12-29-13-18(9-16)26(17)23(28)30-11-15-5-3-2-4-6-15/h2-7,10,16-18H,8-9,11-13H2,1H3. The maximum Gasteiger partial charge on any atom is 0.410 e. The molecule has 2 saturated heterocycles. The van der Waals surface area contributed by atoms with Gasteiger partial charge in [0.05, 0.1) is 30.9 Å². The van der Waals surface area contributed by atoms with Crippen LogP contribution in [-0.2, 0) is 16.1 Å². The molecular weight excluding hydrogens is 392 g/mol. The molecule has 2 atom stereocenters. The van der Waals surface area contributed by atoms with Crippen molar-refractivity contribution in [2.45, 2.75) is 38.5 Å². The smallest absolute Gasteiger partial charge is 0.410 e. The summed E-state index contributed by atoms with van der Waals surface area (Å²) in [5, 5.41) is 0. The van der Waals surface area contributed by atoms with Crippen molar-refractivity contribution >= 4 is 11.9 Å². The molecule has 0 spiro atoms. The van der Waals surface area contributed by atoms with Crippen molar-refractivity contribution in [1.82, 2.24) is 4.90 Å². The number of hydrogen-bond acceptors (Lipinski definition) is 4. The van der Waals surface area contributed by atoms with Gasteiger partial charge >= 0.3 is 6.09 Å². The SMILES string of the molecule is Cc1cc(C(=O)C2CC3COCC(C2)N3C(=O)OCc2ccccc2)c(F)cc1F. The monoisotopic (exact) mass is 415 g/mol. The Morgan fingerprint density at radius 3 is 2.40 bits per heavy atom. The lowest BCUT2D eigenvalue weighted by Crippen LogP contribution is -2.60. The maximum absolute atomic E-state index is 14.2. The Morgan fingerprint density at radius 2 is 1.73 bits per heavy atom. The molecule has 5 nitrogen and oxygen atoms in total. The summed E-state index contributed by atoms with van der Waals surface area (Å²) >= 11 is 0. The lowest BCUT2D eigenvalue weighted by molar-refractivity contribution is -0.0755. The summed E-state index contributed by atoms with van der Waals surface area (Å²) in [5.74, 6) is -2.34. The summed E-state index contributed by atoms with van der Waals surface area (Å²) in [6.45, 7) is 2.26. The molecule has 2 aliphatic rings. The second kappa shape index (κ2) is 8.52. The first-order valence-electron chi connectivity index (χ1n) is 10.0. The summed E-state index contributed by atoms with van der Waals surface area (Å²) in [6.07, 6.45) is 0.268. The molecule has 0 N–H and O–H groups in total. The second-order valence-corrected chi connectivity index (χ2v) is 7.91. The zero-order valence-corrected chi connectivity index (χ0v) is 16.6. The van der Waals surface area contributed by atoms with E-state index in [1.807, 2.05) is 30.3 Å². The van der Waals surface area contributed by atoms with Gasteiger partial charge in [-0.25, -0.2) is 13.6 Å². The summed E-state index contributed by atoms with van der Waals surface area (Å²) in [7, 11) is 0. The summed E-state index contributed by atoms with van der Waals surface area (Å²) in [6, 6.07) is 10.8. The van der Waals surface area contributed by atoms with E-state index >= 15 is 0 Å². The molecule has 2 unspecified atom stereocenters. The van der Waals surface area contributed by atoms with Crippen LogP contribution in [-0.4, -0.2) is 42.1 Å². The van der Waals surface area contributed by atoms with Crippen molar-refractivity contribution < 1.29 is 27.8 Å². The van der Waals surface area contributed by atoms with Gasteiger partial charge in [-0.05, 0) is 37.0 Å². The molecule has 2 aromatic carbocycles. The number of amides is 1. The lowest BCUT2D eigenvalue weighted by atomic mass is 9.80. The zero-order chi connectivity index (χ0) is 21.3. The normalized spacial score (nSPS) is 23.2. The molecule has 0 radical (unpaired) electrons. The van der Waals surface area contributed by atoms with Gasteiger partial charge in [0.1, 0.15) is 18.2 Å². The van der Waals surface area contributed by atoms with Gasteiger partial charge in [-0.3, -0.25) is 9.69 Å². The Bertz CT molecular complexity index is 936. The number of ether oxygens (including phenoxy) is 2. The van der Waals surface area contributed by atoms with Crippen LogP contribution < -0.4 is 0 Å². The average Bonchev–Trinajstić information content (AvgIpc) is 2.74. The Labute approximate surface area is 173 Å². The summed E-state index contributed by atoms with van der Waals surface area (Å²) < 4.78 is 38.8. The number of carbonyl (C=O) groups is 2. The number of Topliss-reactive ketones (excluding diaryl/α,β-unsaturated/α-hetero) is 1. The topological polar surface area (TPSA) is 55.8 Å². The maximum atomic E-state index is 14.2. The third-order valence-corrected chi connectivity index (χ3v) is 5.82. The van der Waals surface area contributed by atoms with Gasteiger partial charge in [0, 0.05) is 12.0 Å². The first-order valence-corrected chi connectivity index (χ1v) is 10.0. The van der Waals surface area contributed by atoms with Crippen molar-refractivity contribution in [1.29, 1.82) is 0 Å². The number of rotatable bonds is 4. The van der Waals surface area contributed by atoms with Gasteiger partial charge in [-0.1, -0.05) is 30.3 Å². The van der Waals surface area contributed by atoms with Crippen LogP contribution in [0.25, 0.3) is 0 Å². The van der Waals surface area contributed by atoms with Crippen LogP contribution in [0.15, 0.2) is 42.5 Å². The average molecular weight is 415 g/mol. The largest absolute Gasteiger partial charge is 0.445 e. The molecule has 158 valence electrons. The third kappa shape index (κ3) is 4.07. The van der Waals surface area contributed by atoms with Crippen molar-refractivity contribution in [2.24, 2.45) is 5.92 Å². The van der Waals surface area contributed by atoms with E-state index in [9.17, 15) is 18.4 Å². The van der Waals surface area contributed by atoms with E-state index in [0.717, 1.165) is 11.6 Å². The van der Waals surface area contributed by atoms with Crippen molar-refractivity contribution in [2.75, 3.05) is 13.2 Å². The van der Waals surface area contributed by atoms with E-state index in [0.29, 0.717) is 26.1 Å². The molecule has 30 heavy (non-hydrogen) atoms. The number of morpholine rings is 1. The minimum Gasteiger partial charge on any atom is -0.445 e. The van der Waals surface area contributed by atoms with Crippen LogP contribution in [0.1, 0.15) is 34.3 Å². The molecule has 1 amide bonds.